The van der Waals surface area contributed by atoms with Gasteiger partial charge in [0.15, 0.2) is 11.0 Å². The Bertz CT molecular complexity index is 788. The molecule has 0 bridgehead atoms. The summed E-state index contributed by atoms with van der Waals surface area (Å²) < 4.78 is 39.8. The Morgan fingerprint density at radius 3 is 2.60 bits per heavy atom. The van der Waals surface area contributed by atoms with E-state index < -0.39 is 11.7 Å². The number of alkyl halides is 3. The Hall–Kier alpha value is -2.09. The van der Waals surface area contributed by atoms with E-state index in [2.05, 4.69) is 9.97 Å². The van der Waals surface area contributed by atoms with Gasteiger partial charge in [-0.25, -0.2) is 9.97 Å². The Morgan fingerprint density at radius 2 is 2.00 bits per heavy atom. The van der Waals surface area contributed by atoms with E-state index >= 15 is 0 Å². The third kappa shape index (κ3) is 2.01. The topological polar surface area (TPSA) is 56.7 Å². The molecule has 0 aliphatic heterocycles. The summed E-state index contributed by atoms with van der Waals surface area (Å²) in [5.74, 6) is 0.493. The van der Waals surface area contributed by atoms with Crippen LogP contribution in [-0.2, 0) is 13.2 Å². The first-order chi connectivity index (χ1) is 9.36. The van der Waals surface area contributed by atoms with Crippen LogP contribution < -0.4 is 5.73 Å². The van der Waals surface area contributed by atoms with Gasteiger partial charge in [0.05, 0.1) is 16.6 Å². The zero-order valence-corrected chi connectivity index (χ0v) is 11.1. The zero-order chi connectivity index (χ0) is 14.5. The average molecular weight is 298 g/mol. The molecule has 0 fully saturated rings. The van der Waals surface area contributed by atoms with E-state index in [1.807, 2.05) is 0 Å². The number of anilines is 1. The summed E-state index contributed by atoms with van der Waals surface area (Å²) in [6, 6.07) is 3.49. The van der Waals surface area contributed by atoms with Crippen molar-refractivity contribution in [2.24, 2.45) is 7.05 Å². The molecule has 8 heteroatoms. The van der Waals surface area contributed by atoms with Gasteiger partial charge in [-0.05, 0) is 18.2 Å². The van der Waals surface area contributed by atoms with Gasteiger partial charge in [-0.1, -0.05) is 0 Å². The minimum Gasteiger partial charge on any atom is -0.375 e. The number of nitrogens with two attached hydrogens (primary N) is 1. The number of aryl methyl sites for hydroxylation is 1. The number of hydrogen-bond donors (Lipinski definition) is 1. The second kappa shape index (κ2) is 4.20. The van der Waals surface area contributed by atoms with Crippen LogP contribution in [0.2, 0.25) is 0 Å². The van der Waals surface area contributed by atoms with Gasteiger partial charge in [-0.3, -0.25) is 0 Å². The first-order valence-electron chi connectivity index (χ1n) is 5.61. The van der Waals surface area contributed by atoms with E-state index in [0.717, 1.165) is 12.1 Å². The Labute approximate surface area is 115 Å². The molecular weight excluding hydrogens is 289 g/mol. The lowest BCUT2D eigenvalue weighted by molar-refractivity contribution is -0.137. The molecule has 3 aromatic rings. The number of nitrogens with zero attached hydrogens (tertiary/aromatic N) is 3. The molecule has 0 amide bonds. The molecule has 0 saturated heterocycles. The molecule has 2 N–H and O–H groups in total. The van der Waals surface area contributed by atoms with E-state index in [4.69, 9.17) is 5.73 Å². The third-order valence-corrected chi connectivity index (χ3v) is 3.63. The molecule has 3 rings (SSSR count). The third-order valence-electron chi connectivity index (χ3n) is 2.96. The minimum atomic E-state index is -4.38. The number of halogens is 3. The number of imidazole rings is 1. The number of nitrogen functional groups attached to an aromatic ring is 1. The molecule has 0 radical (unpaired) electrons. The maximum atomic E-state index is 12.7. The highest BCUT2D eigenvalue weighted by Gasteiger charge is 2.31. The van der Waals surface area contributed by atoms with Crippen LogP contribution in [0.1, 0.15) is 5.56 Å². The number of benzene rings is 1. The summed E-state index contributed by atoms with van der Waals surface area (Å²) in [5, 5.41) is 2.12. The lowest BCUT2D eigenvalue weighted by Gasteiger charge is -2.05. The SMILES string of the molecule is Cn1c(-c2csc(N)n2)nc2cc(C(F)(F)F)ccc21. The van der Waals surface area contributed by atoms with Crippen molar-refractivity contribution < 1.29 is 13.2 Å². The van der Waals surface area contributed by atoms with Crippen molar-refractivity contribution in [3.05, 3.63) is 29.1 Å². The van der Waals surface area contributed by atoms with Gasteiger partial charge in [0.1, 0.15) is 5.69 Å². The van der Waals surface area contributed by atoms with Crippen molar-refractivity contribution in [2.75, 3.05) is 5.73 Å². The Kier molecular flexibility index (Phi) is 2.72. The molecule has 2 heterocycles. The molecule has 0 atom stereocenters. The number of rotatable bonds is 1. The highest BCUT2D eigenvalue weighted by Crippen LogP contribution is 2.32. The maximum Gasteiger partial charge on any atom is 0.416 e. The lowest BCUT2D eigenvalue weighted by atomic mass is 10.2. The van der Waals surface area contributed by atoms with Crippen LogP contribution in [0.4, 0.5) is 18.3 Å². The first-order valence-corrected chi connectivity index (χ1v) is 6.49. The molecule has 20 heavy (non-hydrogen) atoms. The quantitative estimate of drug-likeness (QED) is 0.750. The standard InChI is InChI=1S/C12H9F3N4S/c1-19-9-3-2-6(12(13,14)15)4-7(9)17-10(19)8-5-20-11(16)18-8/h2-5H,1H3,(H2,16,18). The fourth-order valence-electron chi connectivity index (χ4n) is 2.00. The maximum absolute atomic E-state index is 12.7. The molecular formula is C12H9F3N4S. The Morgan fingerprint density at radius 1 is 1.25 bits per heavy atom. The molecule has 0 aliphatic carbocycles. The van der Waals surface area contributed by atoms with Crippen LogP contribution in [0.5, 0.6) is 0 Å². The van der Waals surface area contributed by atoms with Crippen LogP contribution in [0.25, 0.3) is 22.6 Å². The predicted molar refractivity (Wildman–Crippen MR) is 71.2 cm³/mol. The van der Waals surface area contributed by atoms with Gasteiger partial charge < -0.3 is 10.3 Å². The van der Waals surface area contributed by atoms with E-state index in [1.54, 1.807) is 17.0 Å². The van der Waals surface area contributed by atoms with Crippen LogP contribution in [0.15, 0.2) is 23.6 Å². The average Bonchev–Trinajstić information content (AvgIpc) is 2.92. The largest absolute Gasteiger partial charge is 0.416 e. The highest BCUT2D eigenvalue weighted by molar-refractivity contribution is 7.13. The minimum absolute atomic E-state index is 0.281. The van der Waals surface area contributed by atoms with Crippen LogP contribution in [-0.4, -0.2) is 14.5 Å². The summed E-state index contributed by atoms with van der Waals surface area (Å²) in [5.41, 5.74) is 6.30. The van der Waals surface area contributed by atoms with E-state index in [9.17, 15) is 13.2 Å². The first kappa shape index (κ1) is 12.9. The van der Waals surface area contributed by atoms with E-state index in [-0.39, 0.29) is 5.52 Å². The highest BCUT2D eigenvalue weighted by atomic mass is 32.1. The Balaban J connectivity index is 2.19. The molecule has 0 saturated carbocycles. The van der Waals surface area contributed by atoms with Crippen molar-refractivity contribution in [1.29, 1.82) is 0 Å². The molecule has 0 unspecified atom stereocenters. The molecule has 0 spiro atoms. The smallest absolute Gasteiger partial charge is 0.375 e. The van der Waals surface area contributed by atoms with Crippen molar-refractivity contribution in [1.82, 2.24) is 14.5 Å². The number of thiazole rings is 1. The van der Waals surface area contributed by atoms with Gasteiger partial charge >= 0.3 is 6.18 Å². The fourth-order valence-corrected chi connectivity index (χ4v) is 2.54. The van der Waals surface area contributed by atoms with Gasteiger partial charge in [-0.15, -0.1) is 11.3 Å². The fraction of sp³-hybridized carbons (Fsp3) is 0.167. The van der Waals surface area contributed by atoms with Gasteiger partial charge in [0.25, 0.3) is 0 Å². The molecule has 1 aromatic carbocycles. The summed E-state index contributed by atoms with van der Waals surface area (Å²) in [6.45, 7) is 0. The zero-order valence-electron chi connectivity index (χ0n) is 10.3. The molecule has 4 nitrogen and oxygen atoms in total. The summed E-state index contributed by atoms with van der Waals surface area (Å²) in [6.07, 6.45) is -4.38. The second-order valence-corrected chi connectivity index (χ2v) is 5.16. The summed E-state index contributed by atoms with van der Waals surface area (Å²) in [7, 11) is 1.73. The molecule has 2 aromatic heterocycles. The lowest BCUT2D eigenvalue weighted by Crippen LogP contribution is -2.04. The number of aromatic nitrogens is 3. The number of hydrogen-bond acceptors (Lipinski definition) is 4. The van der Waals surface area contributed by atoms with Crippen molar-refractivity contribution in [2.45, 2.75) is 6.18 Å². The van der Waals surface area contributed by atoms with E-state index in [0.29, 0.717) is 22.2 Å². The van der Waals surface area contributed by atoms with Crippen molar-refractivity contribution in [3.8, 4) is 11.5 Å². The molecule has 104 valence electrons. The normalized spacial score (nSPS) is 12.2. The van der Waals surface area contributed by atoms with Gasteiger partial charge in [-0.2, -0.15) is 13.2 Å². The van der Waals surface area contributed by atoms with Crippen molar-refractivity contribution >= 4 is 27.5 Å². The second-order valence-electron chi connectivity index (χ2n) is 4.27. The monoisotopic (exact) mass is 298 g/mol. The van der Waals surface area contributed by atoms with Gasteiger partial charge in [0, 0.05) is 12.4 Å². The predicted octanol–water partition coefficient (Wildman–Crippen LogP) is 3.30. The summed E-state index contributed by atoms with van der Waals surface area (Å²) >= 11 is 1.26. The van der Waals surface area contributed by atoms with Crippen LogP contribution in [0.3, 0.4) is 0 Å². The van der Waals surface area contributed by atoms with E-state index in [1.165, 1.54) is 17.4 Å². The van der Waals surface area contributed by atoms with Crippen LogP contribution >= 0.6 is 11.3 Å². The van der Waals surface area contributed by atoms with Crippen molar-refractivity contribution in [3.63, 3.8) is 0 Å². The van der Waals surface area contributed by atoms with Crippen LogP contribution in [0, 0.1) is 0 Å². The number of fused-ring (bicyclic) bond motifs is 1. The molecule has 0 aliphatic rings. The summed E-state index contributed by atoms with van der Waals surface area (Å²) in [4.78, 5) is 8.32. The van der Waals surface area contributed by atoms with Gasteiger partial charge in [0.2, 0.25) is 0 Å².